The summed E-state index contributed by atoms with van der Waals surface area (Å²) in [5.74, 6) is 0.838. The molecule has 9 heteroatoms. The molecular weight excluding hydrogens is 502 g/mol. The van der Waals surface area contributed by atoms with E-state index in [-0.39, 0.29) is 18.3 Å². The van der Waals surface area contributed by atoms with Crippen LogP contribution < -0.4 is 9.47 Å². The maximum atomic E-state index is 12.8. The summed E-state index contributed by atoms with van der Waals surface area (Å²) in [5, 5.41) is 0. The van der Waals surface area contributed by atoms with E-state index in [1.807, 2.05) is 19.1 Å². The predicted molar refractivity (Wildman–Crippen MR) is 131 cm³/mol. The Kier molecular flexibility index (Phi) is 10.8. The third kappa shape index (κ3) is 7.50. The number of carbonyl (C=O) groups is 2. The summed E-state index contributed by atoms with van der Waals surface area (Å²) in [7, 11) is 1.59. The lowest BCUT2D eigenvalue weighted by Gasteiger charge is -2.14. The van der Waals surface area contributed by atoms with Gasteiger partial charge in [0.15, 0.2) is 11.5 Å². The second-order valence-electron chi connectivity index (χ2n) is 6.89. The first-order valence-corrected chi connectivity index (χ1v) is 12.3. The monoisotopic (exact) mass is 529 g/mol. The van der Waals surface area contributed by atoms with Gasteiger partial charge in [-0.2, -0.15) is 0 Å². The number of ether oxygens (including phenoxy) is 3. The van der Waals surface area contributed by atoms with Crippen molar-refractivity contribution >= 4 is 62.2 Å². The molecule has 1 aliphatic heterocycles. The molecule has 1 amide bonds. The second kappa shape index (κ2) is 13.1. The number of methoxy groups -OCH3 is 1. The van der Waals surface area contributed by atoms with Crippen LogP contribution >= 0.6 is 39.9 Å². The zero-order valence-corrected chi connectivity index (χ0v) is 21.3. The van der Waals surface area contributed by atoms with E-state index in [0.717, 1.165) is 29.3 Å². The van der Waals surface area contributed by atoms with E-state index in [9.17, 15) is 9.59 Å². The van der Waals surface area contributed by atoms with Gasteiger partial charge in [-0.1, -0.05) is 44.2 Å². The third-order valence-electron chi connectivity index (χ3n) is 4.40. The fourth-order valence-corrected chi connectivity index (χ4v) is 4.68. The molecule has 0 spiro atoms. The van der Waals surface area contributed by atoms with E-state index >= 15 is 0 Å². The molecular formula is C22H28BrNO5S2. The Labute approximate surface area is 201 Å². The molecule has 0 saturated carbocycles. The molecule has 0 aromatic heterocycles. The lowest BCUT2D eigenvalue weighted by Crippen LogP contribution is -2.29. The smallest absolute Gasteiger partial charge is 0.305 e. The highest BCUT2D eigenvalue weighted by Gasteiger charge is 2.31. The van der Waals surface area contributed by atoms with E-state index in [4.69, 9.17) is 26.4 Å². The largest absolute Gasteiger partial charge is 0.493 e. The Balaban J connectivity index is 2.06. The number of esters is 1. The van der Waals surface area contributed by atoms with Crippen molar-refractivity contribution in [2.24, 2.45) is 0 Å². The van der Waals surface area contributed by atoms with Gasteiger partial charge in [-0.05, 0) is 59.0 Å². The van der Waals surface area contributed by atoms with Crippen LogP contribution in [0.4, 0.5) is 0 Å². The fraction of sp³-hybridized carbons (Fsp3) is 0.500. The number of nitrogens with zero attached hydrogens (tertiary/aromatic N) is 1. The van der Waals surface area contributed by atoms with Crippen LogP contribution in [0.5, 0.6) is 11.5 Å². The number of unbranched alkanes of at least 4 members (excludes halogenated alkanes) is 1. The van der Waals surface area contributed by atoms with Crippen molar-refractivity contribution in [2.75, 3.05) is 26.9 Å². The minimum absolute atomic E-state index is 0.157. The van der Waals surface area contributed by atoms with Crippen molar-refractivity contribution < 1.29 is 23.8 Å². The van der Waals surface area contributed by atoms with E-state index in [1.54, 1.807) is 13.2 Å². The maximum absolute atomic E-state index is 12.8. The summed E-state index contributed by atoms with van der Waals surface area (Å²) >= 11 is 10.2. The van der Waals surface area contributed by atoms with Crippen LogP contribution in [0.2, 0.25) is 0 Å². The summed E-state index contributed by atoms with van der Waals surface area (Å²) in [5.41, 5.74) is 0.801. The van der Waals surface area contributed by atoms with Crippen LogP contribution in [-0.4, -0.2) is 48.0 Å². The number of halogens is 1. The first kappa shape index (κ1) is 25.7. The molecule has 31 heavy (non-hydrogen) atoms. The van der Waals surface area contributed by atoms with Gasteiger partial charge >= 0.3 is 5.97 Å². The Hall–Kier alpha value is -1.58. The number of amides is 1. The molecule has 1 aromatic carbocycles. The zero-order chi connectivity index (χ0) is 22.8. The first-order chi connectivity index (χ1) is 14.9. The number of hydrogen-bond acceptors (Lipinski definition) is 7. The highest BCUT2D eigenvalue weighted by atomic mass is 79.9. The fourth-order valence-electron chi connectivity index (χ4n) is 2.80. The molecule has 0 N–H and O–H groups in total. The minimum Gasteiger partial charge on any atom is -0.493 e. The van der Waals surface area contributed by atoms with E-state index in [2.05, 4.69) is 22.9 Å². The standard InChI is InChI=1S/C22H28BrNO5S2/c1-4-6-11-29-20-16(23)12-15(13-17(20)27-3)14-18-21(26)24(22(30)31-18)9-7-8-19(25)28-10-5-2/h12-14H,4-11H2,1-3H3/b18-14-. The molecule has 1 aromatic rings. The normalized spacial score (nSPS) is 15.0. The van der Waals surface area contributed by atoms with Crippen LogP contribution in [0.3, 0.4) is 0 Å². The molecule has 0 atom stereocenters. The van der Waals surface area contributed by atoms with Gasteiger partial charge in [-0.15, -0.1) is 0 Å². The Bertz CT molecular complexity index is 843. The number of benzene rings is 1. The summed E-state index contributed by atoms with van der Waals surface area (Å²) in [6.07, 6.45) is 5.34. The first-order valence-electron chi connectivity index (χ1n) is 10.3. The summed E-state index contributed by atoms with van der Waals surface area (Å²) in [4.78, 5) is 26.5. The lowest BCUT2D eigenvalue weighted by atomic mass is 10.1. The van der Waals surface area contributed by atoms with Crippen LogP contribution in [0.15, 0.2) is 21.5 Å². The average molecular weight is 531 g/mol. The van der Waals surface area contributed by atoms with Gasteiger partial charge in [-0.25, -0.2) is 0 Å². The van der Waals surface area contributed by atoms with Crippen LogP contribution in [-0.2, 0) is 14.3 Å². The van der Waals surface area contributed by atoms with Crippen molar-refractivity contribution in [1.82, 2.24) is 4.90 Å². The molecule has 2 rings (SSSR count). The minimum atomic E-state index is -0.249. The molecule has 1 fully saturated rings. The van der Waals surface area contributed by atoms with Crippen molar-refractivity contribution in [3.05, 3.63) is 27.1 Å². The Morgan fingerprint density at radius 2 is 2.00 bits per heavy atom. The summed E-state index contributed by atoms with van der Waals surface area (Å²) < 4.78 is 17.6. The lowest BCUT2D eigenvalue weighted by molar-refractivity contribution is -0.144. The van der Waals surface area contributed by atoms with Crippen molar-refractivity contribution in [1.29, 1.82) is 0 Å². The molecule has 0 radical (unpaired) electrons. The van der Waals surface area contributed by atoms with Gasteiger partial charge in [0, 0.05) is 13.0 Å². The van der Waals surface area contributed by atoms with Gasteiger partial charge in [0.1, 0.15) is 4.32 Å². The van der Waals surface area contributed by atoms with E-state index < -0.39 is 0 Å². The molecule has 1 heterocycles. The maximum Gasteiger partial charge on any atom is 0.305 e. The topological polar surface area (TPSA) is 65.1 Å². The predicted octanol–water partition coefficient (Wildman–Crippen LogP) is 5.57. The van der Waals surface area contributed by atoms with Gasteiger partial charge in [0.2, 0.25) is 0 Å². The molecule has 0 aliphatic carbocycles. The average Bonchev–Trinajstić information content (AvgIpc) is 3.00. The number of thioether (sulfide) groups is 1. The van der Waals surface area contributed by atoms with Gasteiger partial charge < -0.3 is 14.2 Å². The highest BCUT2D eigenvalue weighted by molar-refractivity contribution is 9.10. The zero-order valence-electron chi connectivity index (χ0n) is 18.1. The number of thiocarbonyl (C=S) groups is 1. The van der Waals surface area contributed by atoms with E-state index in [0.29, 0.717) is 46.9 Å². The van der Waals surface area contributed by atoms with Crippen LogP contribution in [0.1, 0.15) is 51.5 Å². The van der Waals surface area contributed by atoms with Crippen LogP contribution in [0.25, 0.3) is 6.08 Å². The molecule has 1 aliphatic rings. The number of hydrogen-bond donors (Lipinski definition) is 0. The molecule has 6 nitrogen and oxygen atoms in total. The number of rotatable bonds is 12. The second-order valence-corrected chi connectivity index (χ2v) is 9.42. The van der Waals surface area contributed by atoms with Crippen molar-refractivity contribution in [3.63, 3.8) is 0 Å². The summed E-state index contributed by atoms with van der Waals surface area (Å²) in [6.45, 7) is 5.47. The number of carbonyl (C=O) groups excluding carboxylic acids is 2. The molecule has 1 saturated heterocycles. The van der Waals surface area contributed by atoms with Gasteiger partial charge in [0.25, 0.3) is 5.91 Å². The summed E-state index contributed by atoms with van der Waals surface area (Å²) in [6, 6.07) is 3.72. The molecule has 170 valence electrons. The highest BCUT2D eigenvalue weighted by Crippen LogP contribution is 2.39. The quantitative estimate of drug-likeness (QED) is 0.152. The Morgan fingerprint density at radius 1 is 1.23 bits per heavy atom. The SMILES string of the molecule is CCCCOc1c(Br)cc(/C=C2\SC(=S)N(CCCC(=O)OCCC)C2=O)cc1OC. The van der Waals surface area contributed by atoms with E-state index in [1.165, 1.54) is 16.7 Å². The molecule has 0 unspecified atom stereocenters. The van der Waals surface area contributed by atoms with Crippen LogP contribution in [0, 0.1) is 0 Å². The van der Waals surface area contributed by atoms with Crippen molar-refractivity contribution in [2.45, 2.75) is 46.0 Å². The third-order valence-corrected chi connectivity index (χ3v) is 6.36. The van der Waals surface area contributed by atoms with Gasteiger partial charge in [-0.3, -0.25) is 14.5 Å². The Morgan fingerprint density at radius 3 is 2.68 bits per heavy atom. The van der Waals surface area contributed by atoms with Crippen molar-refractivity contribution in [3.8, 4) is 11.5 Å². The van der Waals surface area contributed by atoms with Gasteiger partial charge in [0.05, 0.1) is 29.7 Å². The molecule has 0 bridgehead atoms.